The van der Waals surface area contributed by atoms with Crippen LogP contribution in [0.5, 0.6) is 5.75 Å². The number of aromatic nitrogens is 4. The van der Waals surface area contributed by atoms with Gasteiger partial charge < -0.3 is 15.4 Å². The molecule has 180 valence electrons. The van der Waals surface area contributed by atoms with Gasteiger partial charge in [-0.15, -0.1) is 10.2 Å². The zero-order chi connectivity index (χ0) is 25.3. The maximum absolute atomic E-state index is 14.3. The van der Waals surface area contributed by atoms with Gasteiger partial charge in [-0.2, -0.15) is 9.49 Å². The predicted molar refractivity (Wildman–Crippen MR) is 124 cm³/mol. The van der Waals surface area contributed by atoms with Gasteiger partial charge in [0.1, 0.15) is 0 Å². The van der Waals surface area contributed by atoms with E-state index >= 15 is 0 Å². The van der Waals surface area contributed by atoms with Gasteiger partial charge in [0.15, 0.2) is 29.0 Å². The number of aryl methyl sites for hydroxylation is 1. The molecule has 2 aromatic carbocycles. The van der Waals surface area contributed by atoms with E-state index in [2.05, 4.69) is 30.7 Å². The number of anilines is 3. The summed E-state index contributed by atoms with van der Waals surface area (Å²) in [7, 11) is 0.979. The van der Waals surface area contributed by atoms with Crippen molar-refractivity contribution in [2.45, 2.75) is 20.8 Å². The van der Waals surface area contributed by atoms with E-state index in [1.165, 1.54) is 0 Å². The quantitative estimate of drug-likeness (QED) is 0.375. The van der Waals surface area contributed by atoms with Gasteiger partial charge in [-0.05, 0) is 68.8 Å². The molecule has 2 aromatic heterocycles. The molecule has 2 heterocycles. The number of carbonyl (C=O) groups excluding carboxylic acids is 1. The zero-order valence-electron chi connectivity index (χ0n) is 19.3. The summed E-state index contributed by atoms with van der Waals surface area (Å²) in [6, 6.07) is 10.4. The fourth-order valence-electron chi connectivity index (χ4n) is 3.36. The molecule has 0 saturated heterocycles. The molecule has 0 atom stereocenters. The summed E-state index contributed by atoms with van der Waals surface area (Å²) in [5.41, 5.74) is 3.27. The molecule has 0 unspecified atom stereocenters. The Balaban J connectivity index is 1.45. The molecule has 0 aliphatic carbocycles. The van der Waals surface area contributed by atoms with E-state index in [4.69, 9.17) is 0 Å². The third-order valence-electron chi connectivity index (χ3n) is 5.50. The first kappa shape index (κ1) is 23.7. The van der Waals surface area contributed by atoms with Crippen molar-refractivity contribution >= 4 is 23.1 Å². The lowest BCUT2D eigenvalue weighted by atomic mass is 10.1. The lowest BCUT2D eigenvalue weighted by molar-refractivity contribution is 0.102. The van der Waals surface area contributed by atoms with E-state index in [1.54, 1.807) is 41.1 Å². The fraction of sp³-hybridized carbons (Fsp3) is 0.167. The fourth-order valence-corrected chi connectivity index (χ4v) is 3.36. The number of nitrogens with zero attached hydrogens (tertiary/aromatic N) is 4. The third-order valence-corrected chi connectivity index (χ3v) is 5.50. The average Bonchev–Trinajstić information content (AvgIpc) is 3.10. The van der Waals surface area contributed by atoms with E-state index in [1.807, 2.05) is 20.8 Å². The molecule has 1 amide bonds. The number of rotatable bonds is 6. The number of amides is 1. The monoisotopic (exact) mass is 482 g/mol. The molecule has 0 aliphatic heterocycles. The normalized spacial score (nSPS) is 10.8. The summed E-state index contributed by atoms with van der Waals surface area (Å²) in [4.78, 5) is 12.4. The van der Waals surface area contributed by atoms with Gasteiger partial charge in [0.25, 0.3) is 5.91 Å². The van der Waals surface area contributed by atoms with E-state index in [9.17, 15) is 18.0 Å². The van der Waals surface area contributed by atoms with Gasteiger partial charge in [0.05, 0.1) is 18.4 Å². The molecule has 0 radical (unpaired) electrons. The van der Waals surface area contributed by atoms with Gasteiger partial charge in [0.2, 0.25) is 5.82 Å². The average molecular weight is 482 g/mol. The Bertz CT molecular complexity index is 1400. The molecular weight excluding hydrogens is 461 g/mol. The Labute approximate surface area is 198 Å². The minimum atomic E-state index is -1.50. The molecule has 2 N–H and O–H groups in total. The van der Waals surface area contributed by atoms with Crippen molar-refractivity contribution in [2.24, 2.45) is 0 Å². The first-order valence-electron chi connectivity index (χ1n) is 10.5. The summed E-state index contributed by atoms with van der Waals surface area (Å²) in [6.07, 6.45) is 0. The largest absolute Gasteiger partial charge is 0.491 e. The SMILES string of the molecule is COc1c(F)c(F)cc(C(=O)Nc2ccc(Nc3ccc(-n4nc(C)c(C)c4C)nn3)cc2)c1F. The van der Waals surface area contributed by atoms with Crippen molar-refractivity contribution in [1.82, 2.24) is 20.0 Å². The number of nitrogens with one attached hydrogen (secondary N) is 2. The van der Waals surface area contributed by atoms with Gasteiger partial charge in [0, 0.05) is 17.1 Å². The molecule has 0 bridgehead atoms. The molecule has 4 rings (SSSR count). The molecule has 11 heteroatoms. The first-order valence-corrected chi connectivity index (χ1v) is 10.5. The van der Waals surface area contributed by atoms with E-state index in [-0.39, 0.29) is 0 Å². The lowest BCUT2D eigenvalue weighted by Gasteiger charge is -2.11. The van der Waals surface area contributed by atoms with E-state index in [0.717, 1.165) is 24.1 Å². The minimum absolute atomic E-state index is 0.310. The smallest absolute Gasteiger partial charge is 0.258 e. The minimum Gasteiger partial charge on any atom is -0.491 e. The second-order valence-corrected chi connectivity index (χ2v) is 7.71. The summed E-state index contributed by atoms with van der Waals surface area (Å²) >= 11 is 0. The Morgan fingerprint density at radius 3 is 2.20 bits per heavy atom. The highest BCUT2D eigenvalue weighted by atomic mass is 19.2. The molecule has 8 nitrogen and oxygen atoms in total. The molecule has 0 aliphatic rings. The molecular formula is C24H21F3N6O2. The van der Waals surface area contributed by atoms with E-state index < -0.39 is 34.7 Å². The van der Waals surface area contributed by atoms with Crippen LogP contribution in [0.25, 0.3) is 5.82 Å². The van der Waals surface area contributed by atoms with Crippen molar-refractivity contribution in [3.05, 3.63) is 82.4 Å². The number of hydrogen-bond acceptors (Lipinski definition) is 6. The summed E-state index contributed by atoms with van der Waals surface area (Å²) < 4.78 is 47.9. The van der Waals surface area contributed by atoms with Crippen molar-refractivity contribution < 1.29 is 22.7 Å². The number of carbonyl (C=O) groups is 1. The second kappa shape index (κ2) is 9.45. The van der Waals surface area contributed by atoms with Crippen LogP contribution < -0.4 is 15.4 Å². The number of benzene rings is 2. The van der Waals surface area contributed by atoms with Crippen molar-refractivity contribution in [3.8, 4) is 11.6 Å². The molecule has 0 fully saturated rings. The highest BCUT2D eigenvalue weighted by Gasteiger charge is 2.23. The summed E-state index contributed by atoms with van der Waals surface area (Å²) in [6.45, 7) is 5.88. The maximum atomic E-state index is 14.3. The van der Waals surface area contributed by atoms with Gasteiger partial charge >= 0.3 is 0 Å². The van der Waals surface area contributed by atoms with Crippen molar-refractivity contribution in [1.29, 1.82) is 0 Å². The molecule has 4 aromatic rings. The second-order valence-electron chi connectivity index (χ2n) is 7.71. The standard InChI is InChI=1S/C24H21F3N6O2/c1-12-13(2)32-33(14(12)3)20-10-9-19(30-31-20)28-15-5-7-16(8-6-15)29-24(34)17-11-18(25)22(27)23(35-4)21(17)26/h5-11H,1-4H3,(H,28,30)(H,29,34). The van der Waals surface area contributed by atoms with Gasteiger partial charge in [-0.25, -0.2) is 13.5 Å². The van der Waals surface area contributed by atoms with Crippen LogP contribution in [0.4, 0.5) is 30.4 Å². The van der Waals surface area contributed by atoms with Crippen LogP contribution in [0.2, 0.25) is 0 Å². The Morgan fingerprint density at radius 2 is 1.63 bits per heavy atom. The number of halogens is 3. The van der Waals surface area contributed by atoms with Crippen LogP contribution in [0.1, 0.15) is 27.3 Å². The number of methoxy groups -OCH3 is 1. The van der Waals surface area contributed by atoms with Crippen LogP contribution in [-0.4, -0.2) is 33.0 Å². The highest BCUT2D eigenvalue weighted by Crippen LogP contribution is 2.28. The summed E-state index contributed by atoms with van der Waals surface area (Å²) in [5.74, 6) is -5.04. The van der Waals surface area contributed by atoms with E-state index in [0.29, 0.717) is 29.1 Å². The van der Waals surface area contributed by atoms with Crippen LogP contribution in [-0.2, 0) is 0 Å². The Kier molecular flexibility index (Phi) is 6.41. The zero-order valence-corrected chi connectivity index (χ0v) is 19.3. The lowest BCUT2D eigenvalue weighted by Crippen LogP contribution is -2.15. The molecule has 0 saturated carbocycles. The van der Waals surface area contributed by atoms with Crippen LogP contribution in [0.3, 0.4) is 0 Å². The maximum Gasteiger partial charge on any atom is 0.258 e. The van der Waals surface area contributed by atoms with Crippen LogP contribution in [0.15, 0.2) is 42.5 Å². The van der Waals surface area contributed by atoms with Crippen LogP contribution in [0, 0.1) is 38.2 Å². The molecule has 0 spiro atoms. The van der Waals surface area contributed by atoms with Crippen molar-refractivity contribution in [3.63, 3.8) is 0 Å². The predicted octanol–water partition coefficient (Wildman–Crippen LogP) is 5.01. The Morgan fingerprint density at radius 1 is 0.943 bits per heavy atom. The van der Waals surface area contributed by atoms with Gasteiger partial charge in [-0.1, -0.05) is 0 Å². The highest BCUT2D eigenvalue weighted by molar-refractivity contribution is 6.04. The first-order chi connectivity index (χ1) is 16.7. The summed E-state index contributed by atoms with van der Waals surface area (Å²) in [5, 5.41) is 18.4. The number of hydrogen-bond donors (Lipinski definition) is 2. The topological polar surface area (TPSA) is 94.0 Å². The molecule has 35 heavy (non-hydrogen) atoms. The Hall–Kier alpha value is -4.41. The van der Waals surface area contributed by atoms with Gasteiger partial charge in [-0.3, -0.25) is 4.79 Å². The van der Waals surface area contributed by atoms with Crippen molar-refractivity contribution in [2.75, 3.05) is 17.7 Å². The number of ether oxygens (including phenoxy) is 1. The van der Waals surface area contributed by atoms with Crippen LogP contribution >= 0.6 is 0 Å². The third kappa shape index (κ3) is 4.65.